The summed E-state index contributed by atoms with van der Waals surface area (Å²) < 4.78 is 5.39. The van der Waals surface area contributed by atoms with Gasteiger partial charge in [-0.15, -0.1) is 0 Å². The molecule has 0 heterocycles. The summed E-state index contributed by atoms with van der Waals surface area (Å²) in [6.45, 7) is 3.79. The van der Waals surface area contributed by atoms with Gasteiger partial charge in [-0.25, -0.2) is 5.48 Å². The molecule has 0 spiro atoms. The number of para-hydroxylation sites is 1. The minimum Gasteiger partial charge on any atom is -0.484 e. The third kappa shape index (κ3) is 6.57. The standard InChI is InChI=1S/C20H24N2O4/c1-15(2)19(20(24)22-26-13-16-9-5-3-6-10-16)21-18(23)14-25-17-11-7-4-8-12-17/h3-12,15,19H,13-14H2,1-2H3,(H,21,23)(H,22,24)/t19-/m0/s1. The van der Waals surface area contributed by atoms with Gasteiger partial charge in [-0.2, -0.15) is 0 Å². The highest BCUT2D eigenvalue weighted by Crippen LogP contribution is 2.08. The van der Waals surface area contributed by atoms with Gasteiger partial charge < -0.3 is 10.1 Å². The Morgan fingerprint density at radius 1 is 0.962 bits per heavy atom. The monoisotopic (exact) mass is 356 g/mol. The zero-order valence-corrected chi connectivity index (χ0v) is 15.0. The fraction of sp³-hybridized carbons (Fsp3) is 0.300. The molecular formula is C20H24N2O4. The molecule has 138 valence electrons. The molecule has 0 aliphatic carbocycles. The molecule has 0 aromatic heterocycles. The van der Waals surface area contributed by atoms with Crippen LogP contribution in [-0.2, 0) is 21.0 Å². The van der Waals surface area contributed by atoms with Gasteiger partial charge >= 0.3 is 0 Å². The van der Waals surface area contributed by atoms with Crippen LogP contribution in [-0.4, -0.2) is 24.5 Å². The second-order valence-corrected chi connectivity index (χ2v) is 6.13. The quantitative estimate of drug-likeness (QED) is 0.677. The lowest BCUT2D eigenvalue weighted by atomic mass is 10.0. The summed E-state index contributed by atoms with van der Waals surface area (Å²) in [7, 11) is 0. The van der Waals surface area contributed by atoms with Gasteiger partial charge in [0, 0.05) is 0 Å². The molecule has 0 saturated heterocycles. The number of hydrogen-bond donors (Lipinski definition) is 2. The zero-order chi connectivity index (χ0) is 18.8. The van der Waals surface area contributed by atoms with Crippen molar-refractivity contribution in [2.75, 3.05) is 6.61 Å². The molecule has 1 atom stereocenters. The normalized spacial score (nSPS) is 11.7. The Labute approximate surface area is 153 Å². The van der Waals surface area contributed by atoms with Crippen molar-refractivity contribution < 1.29 is 19.2 Å². The maximum atomic E-state index is 12.3. The van der Waals surface area contributed by atoms with Crippen molar-refractivity contribution in [3.8, 4) is 5.75 Å². The van der Waals surface area contributed by atoms with E-state index in [1.54, 1.807) is 12.1 Å². The van der Waals surface area contributed by atoms with Gasteiger partial charge in [0.2, 0.25) is 0 Å². The molecule has 2 rings (SSSR count). The van der Waals surface area contributed by atoms with Crippen molar-refractivity contribution >= 4 is 11.8 Å². The Morgan fingerprint density at radius 2 is 1.58 bits per heavy atom. The number of carbonyl (C=O) groups is 2. The number of ether oxygens (including phenoxy) is 1. The van der Waals surface area contributed by atoms with Crippen LogP contribution in [0.5, 0.6) is 5.75 Å². The van der Waals surface area contributed by atoms with Crippen LogP contribution in [0.1, 0.15) is 19.4 Å². The maximum Gasteiger partial charge on any atom is 0.266 e. The molecule has 2 aromatic rings. The Bertz CT molecular complexity index is 689. The summed E-state index contributed by atoms with van der Waals surface area (Å²) in [6.07, 6.45) is 0. The molecule has 0 bridgehead atoms. The van der Waals surface area contributed by atoms with Crippen LogP contribution in [0, 0.1) is 5.92 Å². The Kier molecular flexibility index (Phi) is 7.64. The molecule has 0 aliphatic heterocycles. The predicted molar refractivity (Wildman–Crippen MR) is 98.1 cm³/mol. The number of hydroxylamine groups is 1. The summed E-state index contributed by atoms with van der Waals surface area (Å²) in [6, 6.07) is 17.8. The molecule has 2 aromatic carbocycles. The predicted octanol–water partition coefficient (Wildman–Crippen LogP) is 2.45. The van der Waals surface area contributed by atoms with Gasteiger partial charge in [-0.05, 0) is 23.6 Å². The fourth-order valence-electron chi connectivity index (χ4n) is 2.24. The molecule has 26 heavy (non-hydrogen) atoms. The molecule has 0 fully saturated rings. The highest BCUT2D eigenvalue weighted by molar-refractivity contribution is 5.87. The molecule has 6 nitrogen and oxygen atoms in total. The molecule has 0 radical (unpaired) electrons. The van der Waals surface area contributed by atoms with Crippen molar-refractivity contribution in [2.45, 2.75) is 26.5 Å². The van der Waals surface area contributed by atoms with E-state index >= 15 is 0 Å². The van der Waals surface area contributed by atoms with E-state index < -0.39 is 11.9 Å². The summed E-state index contributed by atoms with van der Waals surface area (Å²) in [5.41, 5.74) is 3.34. The molecule has 0 unspecified atom stereocenters. The summed E-state index contributed by atoms with van der Waals surface area (Å²) >= 11 is 0. The van der Waals surface area contributed by atoms with E-state index in [2.05, 4.69) is 10.8 Å². The molecule has 2 amide bonds. The SMILES string of the molecule is CC(C)[C@H](NC(=O)COc1ccccc1)C(=O)NOCc1ccccc1. The van der Waals surface area contributed by atoms with Gasteiger partial charge in [-0.1, -0.05) is 62.4 Å². The lowest BCUT2D eigenvalue weighted by Crippen LogP contribution is -2.50. The number of amides is 2. The summed E-state index contributed by atoms with van der Waals surface area (Å²) in [4.78, 5) is 29.6. The van der Waals surface area contributed by atoms with Crippen molar-refractivity contribution in [3.05, 3.63) is 66.2 Å². The van der Waals surface area contributed by atoms with E-state index in [4.69, 9.17) is 9.57 Å². The highest BCUT2D eigenvalue weighted by atomic mass is 16.6. The minimum absolute atomic E-state index is 0.101. The van der Waals surface area contributed by atoms with Crippen molar-refractivity contribution in [1.82, 2.24) is 10.8 Å². The van der Waals surface area contributed by atoms with Crippen LogP contribution in [0.4, 0.5) is 0 Å². The number of carbonyl (C=O) groups excluding carboxylic acids is 2. The number of nitrogens with one attached hydrogen (secondary N) is 2. The Hall–Kier alpha value is -2.86. The zero-order valence-electron chi connectivity index (χ0n) is 15.0. The molecule has 6 heteroatoms. The maximum absolute atomic E-state index is 12.3. The van der Waals surface area contributed by atoms with E-state index in [1.807, 2.05) is 62.4 Å². The van der Waals surface area contributed by atoms with E-state index in [0.717, 1.165) is 5.56 Å². The second-order valence-electron chi connectivity index (χ2n) is 6.13. The van der Waals surface area contributed by atoms with Crippen LogP contribution in [0.2, 0.25) is 0 Å². The lowest BCUT2D eigenvalue weighted by molar-refractivity contribution is -0.140. The third-order valence-electron chi connectivity index (χ3n) is 3.63. The summed E-state index contributed by atoms with van der Waals surface area (Å²) in [5, 5.41) is 2.68. The average molecular weight is 356 g/mol. The largest absolute Gasteiger partial charge is 0.484 e. The van der Waals surface area contributed by atoms with E-state index in [9.17, 15) is 9.59 Å². The van der Waals surface area contributed by atoms with Crippen LogP contribution in [0.3, 0.4) is 0 Å². The average Bonchev–Trinajstić information content (AvgIpc) is 2.65. The Balaban J connectivity index is 1.79. The van der Waals surface area contributed by atoms with Gasteiger partial charge in [0.25, 0.3) is 11.8 Å². The summed E-state index contributed by atoms with van der Waals surface area (Å²) in [5.74, 6) is -0.273. The topological polar surface area (TPSA) is 76.7 Å². The first-order chi connectivity index (χ1) is 12.6. The first-order valence-corrected chi connectivity index (χ1v) is 8.49. The van der Waals surface area contributed by atoms with Crippen molar-refractivity contribution in [1.29, 1.82) is 0 Å². The number of rotatable bonds is 9. The smallest absolute Gasteiger partial charge is 0.266 e. The van der Waals surface area contributed by atoms with Crippen molar-refractivity contribution in [2.24, 2.45) is 5.92 Å². The van der Waals surface area contributed by atoms with Gasteiger partial charge in [0.15, 0.2) is 6.61 Å². The molecule has 0 aliphatic rings. The Morgan fingerprint density at radius 3 is 2.19 bits per heavy atom. The highest BCUT2D eigenvalue weighted by Gasteiger charge is 2.24. The van der Waals surface area contributed by atoms with Gasteiger partial charge in [0.05, 0.1) is 6.61 Å². The van der Waals surface area contributed by atoms with Gasteiger partial charge in [0.1, 0.15) is 11.8 Å². The lowest BCUT2D eigenvalue weighted by Gasteiger charge is -2.21. The first-order valence-electron chi connectivity index (χ1n) is 8.49. The molecule has 2 N–H and O–H groups in total. The number of benzene rings is 2. The van der Waals surface area contributed by atoms with Crippen LogP contribution in [0.25, 0.3) is 0 Å². The molecular weight excluding hydrogens is 332 g/mol. The van der Waals surface area contributed by atoms with E-state index in [1.165, 1.54) is 0 Å². The molecule has 0 saturated carbocycles. The second kappa shape index (κ2) is 10.2. The minimum atomic E-state index is -0.711. The fourth-order valence-corrected chi connectivity index (χ4v) is 2.24. The van der Waals surface area contributed by atoms with E-state index in [-0.39, 0.29) is 25.0 Å². The third-order valence-corrected chi connectivity index (χ3v) is 3.63. The van der Waals surface area contributed by atoms with Crippen molar-refractivity contribution in [3.63, 3.8) is 0 Å². The van der Waals surface area contributed by atoms with Crippen LogP contribution >= 0.6 is 0 Å². The van der Waals surface area contributed by atoms with Gasteiger partial charge in [-0.3, -0.25) is 14.4 Å². The van der Waals surface area contributed by atoms with Crippen LogP contribution < -0.4 is 15.5 Å². The first kappa shape index (κ1) is 19.5. The number of hydrogen-bond acceptors (Lipinski definition) is 4. The van der Waals surface area contributed by atoms with E-state index in [0.29, 0.717) is 5.75 Å². The van der Waals surface area contributed by atoms with Crippen LogP contribution in [0.15, 0.2) is 60.7 Å².